The largest absolute Gasteiger partial charge is 0.468 e. The maximum Gasteiger partial charge on any atom is 0.336 e. The summed E-state index contributed by atoms with van der Waals surface area (Å²) in [5.74, 6) is -1.83. The normalized spacial score (nSPS) is 14.7. The fourth-order valence-electron chi connectivity index (χ4n) is 0.532. The molecule has 70 valence electrons. The lowest BCUT2D eigenvalue weighted by atomic mass is 10.2. The molecule has 0 spiro atoms. The van der Waals surface area contributed by atoms with Crippen molar-refractivity contribution >= 4 is 11.9 Å². The second kappa shape index (κ2) is 4.68. The quantitative estimate of drug-likeness (QED) is 0.485. The van der Waals surface area contributed by atoms with Gasteiger partial charge in [0, 0.05) is 0 Å². The molecule has 0 saturated carbocycles. The molecule has 0 unspecified atom stereocenters. The lowest BCUT2D eigenvalue weighted by Gasteiger charge is -2.13. The molecule has 0 saturated heterocycles. The average Bonchev–Trinajstić information content (AvgIpc) is 2.12. The third-order valence-corrected chi connectivity index (χ3v) is 1.26. The van der Waals surface area contributed by atoms with Crippen LogP contribution in [0.15, 0.2) is 0 Å². The van der Waals surface area contributed by atoms with Crippen LogP contribution < -0.4 is 5.73 Å². The molecule has 0 amide bonds. The first kappa shape index (κ1) is 10.9. The Hall–Kier alpha value is -1.14. The molecule has 0 aliphatic heterocycles. The summed E-state index contributed by atoms with van der Waals surface area (Å²) in [4.78, 5) is 21.3. The lowest BCUT2D eigenvalue weighted by molar-refractivity contribution is -0.158. The van der Waals surface area contributed by atoms with Crippen molar-refractivity contribution in [3.05, 3.63) is 0 Å². The first-order valence-corrected chi connectivity index (χ1v) is 3.14. The molecular weight excluding hydrogens is 166 g/mol. The smallest absolute Gasteiger partial charge is 0.336 e. The van der Waals surface area contributed by atoms with Gasteiger partial charge in [-0.25, -0.2) is 4.79 Å². The van der Waals surface area contributed by atoms with Gasteiger partial charge in [0.2, 0.25) is 0 Å². The molecule has 0 aliphatic rings. The molecule has 0 aromatic rings. The highest BCUT2D eigenvalue weighted by Gasteiger charge is 2.30. The van der Waals surface area contributed by atoms with E-state index < -0.39 is 24.1 Å². The molecule has 6 heteroatoms. The average molecular weight is 177 g/mol. The third-order valence-electron chi connectivity index (χ3n) is 1.26. The van der Waals surface area contributed by atoms with E-state index in [1.54, 1.807) is 0 Å². The summed E-state index contributed by atoms with van der Waals surface area (Å²) in [6.07, 6.45) is -1.68. The summed E-state index contributed by atoms with van der Waals surface area (Å²) in [5.41, 5.74) is 5.12. The number of aliphatic hydroxyl groups excluding tert-OH is 1. The predicted octanol–water partition coefficient (Wildman–Crippen LogP) is -1.98. The highest BCUT2D eigenvalue weighted by atomic mass is 16.5. The third kappa shape index (κ3) is 2.48. The topological polar surface area (TPSA) is 98.9 Å². The van der Waals surface area contributed by atoms with Gasteiger partial charge in [0.05, 0.1) is 14.2 Å². The zero-order valence-electron chi connectivity index (χ0n) is 6.81. The van der Waals surface area contributed by atoms with E-state index in [0.29, 0.717) is 0 Å². The number of esters is 2. The van der Waals surface area contributed by atoms with Crippen LogP contribution in [0.3, 0.4) is 0 Å². The number of aliphatic hydroxyl groups is 1. The zero-order chi connectivity index (χ0) is 9.72. The van der Waals surface area contributed by atoms with Crippen molar-refractivity contribution in [2.45, 2.75) is 12.1 Å². The van der Waals surface area contributed by atoms with Crippen molar-refractivity contribution in [1.82, 2.24) is 0 Å². The van der Waals surface area contributed by atoms with Gasteiger partial charge >= 0.3 is 11.9 Å². The fourth-order valence-corrected chi connectivity index (χ4v) is 0.532. The molecule has 12 heavy (non-hydrogen) atoms. The Morgan fingerprint density at radius 1 is 1.25 bits per heavy atom. The van der Waals surface area contributed by atoms with Crippen molar-refractivity contribution in [1.29, 1.82) is 0 Å². The molecule has 0 fully saturated rings. The highest BCUT2D eigenvalue weighted by molar-refractivity contribution is 5.85. The van der Waals surface area contributed by atoms with E-state index in [9.17, 15) is 9.59 Å². The molecule has 0 radical (unpaired) electrons. The maximum atomic E-state index is 10.7. The van der Waals surface area contributed by atoms with E-state index in [1.807, 2.05) is 0 Å². The van der Waals surface area contributed by atoms with E-state index in [-0.39, 0.29) is 0 Å². The summed E-state index contributed by atoms with van der Waals surface area (Å²) in [6, 6.07) is -1.40. The number of methoxy groups -OCH3 is 2. The number of hydrogen-bond donors (Lipinski definition) is 2. The van der Waals surface area contributed by atoms with Crippen LogP contribution in [0, 0.1) is 0 Å². The van der Waals surface area contributed by atoms with Crippen LogP contribution >= 0.6 is 0 Å². The SMILES string of the molecule is COC(=O)[C@@H](O)[C@@H](N)C(=O)OC. The molecule has 0 aliphatic carbocycles. The summed E-state index contributed by atoms with van der Waals surface area (Å²) >= 11 is 0. The van der Waals surface area contributed by atoms with Crippen LogP contribution in [0.2, 0.25) is 0 Å². The van der Waals surface area contributed by atoms with Crippen molar-refractivity contribution < 1.29 is 24.2 Å². The van der Waals surface area contributed by atoms with Gasteiger partial charge < -0.3 is 20.3 Å². The molecule has 3 N–H and O–H groups in total. The van der Waals surface area contributed by atoms with E-state index in [0.717, 1.165) is 14.2 Å². The van der Waals surface area contributed by atoms with E-state index in [4.69, 9.17) is 10.8 Å². The van der Waals surface area contributed by atoms with Crippen molar-refractivity contribution in [3.8, 4) is 0 Å². The molecule has 6 nitrogen and oxygen atoms in total. The van der Waals surface area contributed by atoms with Gasteiger partial charge in [0.15, 0.2) is 6.10 Å². The van der Waals surface area contributed by atoms with Gasteiger partial charge in [-0.1, -0.05) is 0 Å². The van der Waals surface area contributed by atoms with E-state index in [1.165, 1.54) is 0 Å². The number of hydrogen-bond acceptors (Lipinski definition) is 6. The minimum Gasteiger partial charge on any atom is -0.468 e. The van der Waals surface area contributed by atoms with Crippen LogP contribution in [0.1, 0.15) is 0 Å². The first-order chi connectivity index (χ1) is 5.54. The summed E-state index contributed by atoms with van der Waals surface area (Å²) in [7, 11) is 2.18. The minimum absolute atomic E-state index is 0.868. The molecule has 0 aromatic carbocycles. The van der Waals surface area contributed by atoms with Gasteiger partial charge in [-0.3, -0.25) is 4.79 Å². The van der Waals surface area contributed by atoms with Crippen molar-refractivity contribution in [2.75, 3.05) is 14.2 Å². The first-order valence-electron chi connectivity index (χ1n) is 3.14. The highest BCUT2D eigenvalue weighted by Crippen LogP contribution is 1.95. The van der Waals surface area contributed by atoms with Gasteiger partial charge in [-0.2, -0.15) is 0 Å². The molecule has 0 bridgehead atoms. The maximum absolute atomic E-state index is 10.7. The van der Waals surface area contributed by atoms with Crippen LogP contribution in [-0.2, 0) is 19.1 Å². The second-order valence-corrected chi connectivity index (χ2v) is 2.02. The van der Waals surface area contributed by atoms with Gasteiger partial charge in [0.1, 0.15) is 6.04 Å². The van der Waals surface area contributed by atoms with Gasteiger partial charge in [-0.15, -0.1) is 0 Å². The summed E-state index contributed by atoms with van der Waals surface area (Å²) < 4.78 is 8.35. The predicted molar refractivity (Wildman–Crippen MR) is 38.0 cm³/mol. The lowest BCUT2D eigenvalue weighted by Crippen LogP contribution is -2.47. The molecule has 0 rings (SSSR count). The molecule has 0 heterocycles. The number of ether oxygens (including phenoxy) is 2. The van der Waals surface area contributed by atoms with E-state index >= 15 is 0 Å². The summed E-state index contributed by atoms with van der Waals surface area (Å²) in [6.45, 7) is 0. The Kier molecular flexibility index (Phi) is 4.24. The number of nitrogens with two attached hydrogens (primary N) is 1. The molecular formula is C6H11NO5. The number of carbonyl (C=O) groups is 2. The Bertz CT molecular complexity index is 161. The standard InChI is InChI=1S/C6H11NO5/c1-11-5(9)3(7)4(8)6(10)12-2/h3-4,8H,7H2,1-2H3/t3-,4+/m1/s1. The molecule has 0 aromatic heterocycles. The fraction of sp³-hybridized carbons (Fsp3) is 0.667. The van der Waals surface area contributed by atoms with Crippen LogP contribution in [0.4, 0.5) is 0 Å². The van der Waals surface area contributed by atoms with Crippen molar-refractivity contribution in [3.63, 3.8) is 0 Å². The molecule has 2 atom stereocenters. The summed E-state index contributed by atoms with van der Waals surface area (Å²) in [5, 5.41) is 8.99. The van der Waals surface area contributed by atoms with Crippen LogP contribution in [-0.4, -0.2) is 43.4 Å². The van der Waals surface area contributed by atoms with Gasteiger partial charge in [-0.05, 0) is 0 Å². The number of rotatable bonds is 3. The zero-order valence-corrected chi connectivity index (χ0v) is 6.81. The van der Waals surface area contributed by atoms with Gasteiger partial charge in [0.25, 0.3) is 0 Å². The minimum atomic E-state index is -1.68. The van der Waals surface area contributed by atoms with E-state index in [2.05, 4.69) is 9.47 Å². The van der Waals surface area contributed by atoms with Crippen molar-refractivity contribution in [2.24, 2.45) is 5.73 Å². The Morgan fingerprint density at radius 2 is 1.67 bits per heavy atom. The monoisotopic (exact) mass is 177 g/mol. The van der Waals surface area contributed by atoms with Crippen LogP contribution in [0.25, 0.3) is 0 Å². The Labute approximate surface area is 69.2 Å². The Morgan fingerprint density at radius 3 is 2.00 bits per heavy atom. The second-order valence-electron chi connectivity index (χ2n) is 2.02. The van der Waals surface area contributed by atoms with Crippen LogP contribution in [0.5, 0.6) is 0 Å². The Balaban J connectivity index is 4.18. The number of carbonyl (C=O) groups excluding carboxylic acids is 2.